The molecule has 0 unspecified atom stereocenters. The van der Waals surface area contributed by atoms with Crippen LogP contribution in [0.2, 0.25) is 0 Å². The maximum atomic E-state index is 11.8. The number of aryl methyl sites for hydroxylation is 2. The van der Waals surface area contributed by atoms with Crippen molar-refractivity contribution < 1.29 is 14.3 Å². The van der Waals surface area contributed by atoms with Crippen LogP contribution in [0.4, 0.5) is 0 Å². The summed E-state index contributed by atoms with van der Waals surface area (Å²) in [5.41, 5.74) is 1.07. The summed E-state index contributed by atoms with van der Waals surface area (Å²) in [4.78, 5) is 23.3. The molecule has 106 valence electrons. The lowest BCUT2D eigenvalue weighted by molar-refractivity contribution is -0.150. The van der Waals surface area contributed by atoms with Gasteiger partial charge in [-0.15, -0.1) is 0 Å². The molecule has 6 heteroatoms. The monoisotopic (exact) mass is 267 g/mol. The van der Waals surface area contributed by atoms with E-state index in [1.807, 2.05) is 19.9 Å². The minimum atomic E-state index is -0.737. The molecule has 0 aliphatic rings. The van der Waals surface area contributed by atoms with Crippen LogP contribution in [0.25, 0.3) is 0 Å². The molecule has 0 atom stereocenters. The minimum Gasteiger partial charge on any atom is -0.469 e. The van der Waals surface area contributed by atoms with Gasteiger partial charge in [-0.2, -0.15) is 5.10 Å². The Bertz CT molecular complexity index is 477. The highest BCUT2D eigenvalue weighted by molar-refractivity contribution is 5.79. The van der Waals surface area contributed by atoms with Crippen LogP contribution in [0, 0.1) is 19.3 Å². The van der Waals surface area contributed by atoms with E-state index >= 15 is 0 Å². The lowest BCUT2D eigenvalue weighted by Crippen LogP contribution is -2.40. The molecule has 19 heavy (non-hydrogen) atoms. The average molecular weight is 267 g/mol. The number of hydrogen-bond acceptors (Lipinski definition) is 4. The molecular weight excluding hydrogens is 246 g/mol. The third kappa shape index (κ3) is 4.08. The van der Waals surface area contributed by atoms with Crippen LogP contribution in [0.3, 0.4) is 0 Å². The van der Waals surface area contributed by atoms with Gasteiger partial charge >= 0.3 is 5.97 Å². The number of rotatable bonds is 5. The Balaban J connectivity index is 2.53. The molecule has 1 N–H and O–H groups in total. The van der Waals surface area contributed by atoms with Gasteiger partial charge in [0.15, 0.2) is 0 Å². The Kier molecular flexibility index (Phi) is 4.69. The maximum absolute atomic E-state index is 11.8. The third-order valence-electron chi connectivity index (χ3n) is 2.86. The van der Waals surface area contributed by atoms with Crippen LogP contribution >= 0.6 is 0 Å². The number of ether oxygens (including phenoxy) is 1. The van der Waals surface area contributed by atoms with Gasteiger partial charge in [-0.3, -0.25) is 14.3 Å². The van der Waals surface area contributed by atoms with Gasteiger partial charge in [-0.1, -0.05) is 0 Å². The summed E-state index contributed by atoms with van der Waals surface area (Å²) >= 11 is 0. The van der Waals surface area contributed by atoms with Crippen LogP contribution in [-0.2, 0) is 20.9 Å². The van der Waals surface area contributed by atoms with Gasteiger partial charge in [-0.05, 0) is 33.8 Å². The van der Waals surface area contributed by atoms with Crippen molar-refractivity contribution in [2.24, 2.45) is 5.41 Å². The smallest absolute Gasteiger partial charge is 0.313 e. The van der Waals surface area contributed by atoms with E-state index in [-0.39, 0.29) is 25.0 Å². The van der Waals surface area contributed by atoms with Gasteiger partial charge in [-0.25, -0.2) is 0 Å². The zero-order chi connectivity index (χ0) is 14.6. The van der Waals surface area contributed by atoms with E-state index in [1.165, 1.54) is 7.11 Å². The standard InChI is InChI=1S/C13H21N3O3/c1-9-6-10(2)16(15-9)7-11(17)14-8-13(3,4)12(18)19-5/h6H,7-8H2,1-5H3,(H,14,17). The summed E-state index contributed by atoms with van der Waals surface area (Å²) in [7, 11) is 1.34. The van der Waals surface area contributed by atoms with Crippen molar-refractivity contribution in [1.29, 1.82) is 0 Å². The van der Waals surface area contributed by atoms with Crippen molar-refractivity contribution in [2.75, 3.05) is 13.7 Å². The van der Waals surface area contributed by atoms with Crippen molar-refractivity contribution in [1.82, 2.24) is 15.1 Å². The second-order valence-corrected chi connectivity index (χ2v) is 5.24. The lowest BCUT2D eigenvalue weighted by Gasteiger charge is -2.21. The second kappa shape index (κ2) is 5.86. The highest BCUT2D eigenvalue weighted by Crippen LogP contribution is 2.15. The Labute approximate surface area is 113 Å². The molecule has 0 spiro atoms. The van der Waals surface area contributed by atoms with Crippen molar-refractivity contribution in [2.45, 2.75) is 34.2 Å². The van der Waals surface area contributed by atoms with Gasteiger partial charge in [0.25, 0.3) is 0 Å². The summed E-state index contributed by atoms with van der Waals surface area (Å²) in [6.45, 7) is 7.60. The molecule has 0 fully saturated rings. The fourth-order valence-electron chi connectivity index (χ4n) is 1.69. The van der Waals surface area contributed by atoms with Crippen molar-refractivity contribution >= 4 is 11.9 Å². The Morgan fingerprint density at radius 3 is 2.53 bits per heavy atom. The molecule has 1 aromatic heterocycles. The van der Waals surface area contributed by atoms with Gasteiger partial charge in [0.05, 0.1) is 18.2 Å². The summed E-state index contributed by atoms with van der Waals surface area (Å²) in [6.07, 6.45) is 0. The molecule has 0 aliphatic carbocycles. The van der Waals surface area contributed by atoms with E-state index in [9.17, 15) is 9.59 Å². The SMILES string of the molecule is COC(=O)C(C)(C)CNC(=O)Cn1nc(C)cc1C. The second-order valence-electron chi connectivity index (χ2n) is 5.24. The van der Waals surface area contributed by atoms with E-state index in [0.29, 0.717) is 0 Å². The number of hydrogen-bond donors (Lipinski definition) is 1. The third-order valence-corrected chi connectivity index (χ3v) is 2.86. The molecule has 1 aromatic rings. The fourth-order valence-corrected chi connectivity index (χ4v) is 1.69. The van der Waals surface area contributed by atoms with Crippen molar-refractivity contribution in [3.8, 4) is 0 Å². The van der Waals surface area contributed by atoms with E-state index in [0.717, 1.165) is 11.4 Å². The number of amides is 1. The number of methoxy groups -OCH3 is 1. The molecule has 1 rings (SSSR count). The van der Waals surface area contributed by atoms with Crippen LogP contribution in [-0.4, -0.2) is 35.3 Å². The molecule has 0 bridgehead atoms. The molecule has 6 nitrogen and oxygen atoms in total. The molecule has 1 amide bonds. The van der Waals surface area contributed by atoms with E-state index < -0.39 is 5.41 Å². The van der Waals surface area contributed by atoms with Crippen molar-refractivity contribution in [3.05, 3.63) is 17.5 Å². The molecule has 0 aromatic carbocycles. The largest absolute Gasteiger partial charge is 0.469 e. The zero-order valence-corrected chi connectivity index (χ0v) is 12.1. The van der Waals surface area contributed by atoms with E-state index in [1.54, 1.807) is 18.5 Å². The first-order valence-electron chi connectivity index (χ1n) is 6.12. The normalized spacial score (nSPS) is 11.2. The summed E-state index contributed by atoms with van der Waals surface area (Å²) in [5.74, 6) is -0.526. The minimum absolute atomic E-state index is 0.150. The molecular formula is C13H21N3O3. The van der Waals surface area contributed by atoms with E-state index in [4.69, 9.17) is 0 Å². The van der Waals surface area contributed by atoms with Gasteiger partial charge < -0.3 is 10.1 Å². The number of carbonyl (C=O) groups is 2. The first-order chi connectivity index (χ1) is 8.76. The molecule has 1 heterocycles. The van der Waals surface area contributed by atoms with Gasteiger partial charge in [0, 0.05) is 12.2 Å². The maximum Gasteiger partial charge on any atom is 0.313 e. The number of aromatic nitrogens is 2. The van der Waals surface area contributed by atoms with E-state index in [2.05, 4.69) is 15.2 Å². The van der Waals surface area contributed by atoms with Crippen molar-refractivity contribution in [3.63, 3.8) is 0 Å². The molecule has 0 saturated heterocycles. The fraction of sp³-hybridized carbons (Fsp3) is 0.615. The predicted octanol–water partition coefficient (Wildman–Crippen LogP) is 0.815. The highest BCUT2D eigenvalue weighted by atomic mass is 16.5. The Morgan fingerprint density at radius 1 is 1.42 bits per heavy atom. The topological polar surface area (TPSA) is 73.2 Å². The summed E-state index contributed by atoms with van der Waals surface area (Å²) in [6, 6.07) is 1.91. The lowest BCUT2D eigenvalue weighted by atomic mass is 9.94. The zero-order valence-electron chi connectivity index (χ0n) is 12.1. The molecule has 0 radical (unpaired) electrons. The Hall–Kier alpha value is -1.85. The summed E-state index contributed by atoms with van der Waals surface area (Å²) < 4.78 is 6.31. The highest BCUT2D eigenvalue weighted by Gasteiger charge is 2.29. The Morgan fingerprint density at radius 2 is 2.05 bits per heavy atom. The quantitative estimate of drug-likeness (QED) is 0.801. The number of carbonyl (C=O) groups excluding carboxylic acids is 2. The summed E-state index contributed by atoms with van der Waals surface area (Å²) in [5, 5.41) is 6.93. The van der Waals surface area contributed by atoms with Crippen LogP contribution in [0.1, 0.15) is 25.2 Å². The first kappa shape index (κ1) is 15.2. The predicted molar refractivity (Wildman–Crippen MR) is 70.5 cm³/mol. The van der Waals surface area contributed by atoms with Crippen LogP contribution in [0.5, 0.6) is 0 Å². The average Bonchev–Trinajstić information content (AvgIpc) is 2.64. The molecule has 0 aliphatic heterocycles. The van der Waals surface area contributed by atoms with Gasteiger partial charge in [0.2, 0.25) is 5.91 Å². The molecule has 0 saturated carbocycles. The number of esters is 1. The van der Waals surface area contributed by atoms with Gasteiger partial charge in [0.1, 0.15) is 6.54 Å². The number of nitrogens with one attached hydrogen (secondary N) is 1. The first-order valence-corrected chi connectivity index (χ1v) is 6.12. The van der Waals surface area contributed by atoms with Crippen LogP contribution < -0.4 is 5.32 Å². The number of nitrogens with zero attached hydrogens (tertiary/aromatic N) is 2. The van der Waals surface area contributed by atoms with Crippen LogP contribution in [0.15, 0.2) is 6.07 Å².